The smallest absolute Gasteiger partial charge is 0.0925 e. The molecule has 0 radical (unpaired) electrons. The van der Waals surface area contributed by atoms with Crippen LogP contribution in [0.5, 0.6) is 0 Å². The first-order valence-electron chi connectivity index (χ1n) is 5.47. The van der Waals surface area contributed by atoms with Gasteiger partial charge in [0.05, 0.1) is 12.0 Å². The predicted molar refractivity (Wildman–Crippen MR) is 59.1 cm³/mol. The van der Waals surface area contributed by atoms with Crippen LogP contribution in [0.25, 0.3) is 0 Å². The third-order valence-electron chi connectivity index (χ3n) is 2.81. The van der Waals surface area contributed by atoms with Crippen LogP contribution >= 0.6 is 0 Å². The fraction of sp³-hybridized carbons (Fsp3) is 0.727. The van der Waals surface area contributed by atoms with Gasteiger partial charge in [0.25, 0.3) is 0 Å². The lowest BCUT2D eigenvalue weighted by Gasteiger charge is -2.12. The molecule has 0 aliphatic heterocycles. The molecule has 0 saturated carbocycles. The summed E-state index contributed by atoms with van der Waals surface area (Å²) in [6.07, 6.45) is 4.26. The van der Waals surface area contributed by atoms with E-state index in [1.54, 1.807) is 6.33 Å². The predicted octanol–water partition coefficient (Wildman–Crippen LogP) is 2.24. The Labute approximate surface area is 86.3 Å². The van der Waals surface area contributed by atoms with E-state index >= 15 is 0 Å². The molecule has 1 aromatic rings. The van der Waals surface area contributed by atoms with Crippen molar-refractivity contribution in [1.29, 1.82) is 0 Å². The molecule has 1 aromatic heterocycles. The van der Waals surface area contributed by atoms with Gasteiger partial charge in [-0.15, -0.1) is 0 Å². The Morgan fingerprint density at radius 2 is 2.14 bits per heavy atom. The van der Waals surface area contributed by atoms with Crippen LogP contribution in [-0.2, 0) is 6.54 Å². The quantitative estimate of drug-likeness (QED) is 0.731. The molecule has 0 amide bonds. The molecule has 0 aliphatic rings. The summed E-state index contributed by atoms with van der Waals surface area (Å²) in [5.74, 6) is 0.800. The lowest BCUT2D eigenvalue weighted by atomic mass is 10.0. The van der Waals surface area contributed by atoms with E-state index in [-0.39, 0.29) is 0 Å². The number of aromatic nitrogens is 2. The van der Waals surface area contributed by atoms with Crippen LogP contribution in [0.3, 0.4) is 0 Å². The topological polar surface area (TPSA) is 40.7 Å². The highest BCUT2D eigenvalue weighted by Gasteiger charge is 2.04. The highest BCUT2D eigenvalue weighted by atomic mass is 14.9. The summed E-state index contributed by atoms with van der Waals surface area (Å²) in [6, 6.07) is 0. The molecule has 0 fully saturated rings. The lowest BCUT2D eigenvalue weighted by Crippen LogP contribution is -2.22. The number of imidazole rings is 1. The van der Waals surface area contributed by atoms with Crippen molar-refractivity contribution in [2.24, 2.45) is 5.92 Å². The molecule has 3 heteroatoms. The zero-order valence-electron chi connectivity index (χ0n) is 9.43. The van der Waals surface area contributed by atoms with Crippen LogP contribution in [0.1, 0.15) is 38.1 Å². The summed E-state index contributed by atoms with van der Waals surface area (Å²) in [7, 11) is 0. The van der Waals surface area contributed by atoms with Crippen LogP contribution < -0.4 is 5.32 Å². The van der Waals surface area contributed by atoms with Gasteiger partial charge in [0.15, 0.2) is 0 Å². The Balaban J connectivity index is 2.24. The second-order valence-electron chi connectivity index (χ2n) is 3.79. The molecule has 0 spiro atoms. The maximum Gasteiger partial charge on any atom is 0.0925 e. The van der Waals surface area contributed by atoms with Crippen molar-refractivity contribution in [3.05, 3.63) is 17.7 Å². The highest BCUT2D eigenvalue weighted by molar-refractivity contribution is 5.07. The molecule has 0 unspecified atom stereocenters. The van der Waals surface area contributed by atoms with Crippen molar-refractivity contribution in [3.63, 3.8) is 0 Å². The minimum Gasteiger partial charge on any atom is -0.348 e. The monoisotopic (exact) mass is 195 g/mol. The molecule has 2 N–H and O–H groups in total. The molecule has 0 saturated heterocycles. The first-order valence-corrected chi connectivity index (χ1v) is 5.47. The number of H-pyrrole nitrogens is 1. The van der Waals surface area contributed by atoms with Crippen molar-refractivity contribution in [2.75, 3.05) is 6.54 Å². The lowest BCUT2D eigenvalue weighted by molar-refractivity contribution is 0.448. The molecule has 3 nitrogen and oxygen atoms in total. The van der Waals surface area contributed by atoms with E-state index in [0.29, 0.717) is 0 Å². The summed E-state index contributed by atoms with van der Waals surface area (Å²) in [5.41, 5.74) is 2.30. The minimum atomic E-state index is 0.800. The van der Waals surface area contributed by atoms with E-state index in [9.17, 15) is 0 Å². The molecular formula is C11H21N3. The van der Waals surface area contributed by atoms with Crippen molar-refractivity contribution in [3.8, 4) is 0 Å². The third-order valence-corrected chi connectivity index (χ3v) is 2.81. The number of nitrogens with one attached hydrogen (secondary N) is 2. The van der Waals surface area contributed by atoms with E-state index in [1.807, 2.05) is 0 Å². The van der Waals surface area contributed by atoms with Crippen molar-refractivity contribution < 1.29 is 0 Å². The van der Waals surface area contributed by atoms with E-state index in [4.69, 9.17) is 0 Å². The minimum absolute atomic E-state index is 0.800. The number of aryl methyl sites for hydroxylation is 1. The SMILES string of the molecule is CCC(CC)CNCc1nc[nH]c1C. The second-order valence-corrected chi connectivity index (χ2v) is 3.79. The van der Waals surface area contributed by atoms with E-state index < -0.39 is 0 Å². The van der Waals surface area contributed by atoms with Gasteiger partial charge in [-0.25, -0.2) is 4.98 Å². The molecule has 0 aromatic carbocycles. The first kappa shape index (κ1) is 11.2. The number of rotatable bonds is 6. The fourth-order valence-corrected chi connectivity index (χ4v) is 1.54. The summed E-state index contributed by atoms with van der Waals surface area (Å²) in [5, 5.41) is 3.45. The zero-order valence-corrected chi connectivity index (χ0v) is 9.43. The average molecular weight is 195 g/mol. The van der Waals surface area contributed by atoms with Crippen molar-refractivity contribution in [1.82, 2.24) is 15.3 Å². The summed E-state index contributed by atoms with van der Waals surface area (Å²) >= 11 is 0. The molecule has 14 heavy (non-hydrogen) atoms. The van der Waals surface area contributed by atoms with Gasteiger partial charge in [-0.05, 0) is 19.4 Å². The number of hydrogen-bond donors (Lipinski definition) is 2. The zero-order chi connectivity index (χ0) is 10.4. The number of nitrogens with zero attached hydrogens (tertiary/aromatic N) is 1. The molecule has 1 heterocycles. The summed E-state index contributed by atoms with van der Waals surface area (Å²) in [4.78, 5) is 7.33. The molecule has 80 valence electrons. The average Bonchev–Trinajstić information content (AvgIpc) is 2.59. The Morgan fingerprint density at radius 3 is 2.64 bits per heavy atom. The highest BCUT2D eigenvalue weighted by Crippen LogP contribution is 2.06. The van der Waals surface area contributed by atoms with Crippen molar-refractivity contribution in [2.45, 2.75) is 40.2 Å². The van der Waals surface area contributed by atoms with Crippen molar-refractivity contribution >= 4 is 0 Å². The van der Waals surface area contributed by atoms with E-state index in [2.05, 4.69) is 36.1 Å². The normalized spacial score (nSPS) is 11.1. The van der Waals surface area contributed by atoms with Crippen LogP contribution in [-0.4, -0.2) is 16.5 Å². The van der Waals surface area contributed by atoms with Gasteiger partial charge < -0.3 is 10.3 Å². The number of hydrogen-bond acceptors (Lipinski definition) is 2. The van der Waals surface area contributed by atoms with Gasteiger partial charge >= 0.3 is 0 Å². The summed E-state index contributed by atoms with van der Waals surface area (Å²) < 4.78 is 0. The van der Waals surface area contributed by atoms with Gasteiger partial charge in [-0.3, -0.25) is 0 Å². The van der Waals surface area contributed by atoms with Gasteiger partial charge in [0.2, 0.25) is 0 Å². The number of aromatic amines is 1. The molecular weight excluding hydrogens is 174 g/mol. The van der Waals surface area contributed by atoms with Gasteiger partial charge in [0, 0.05) is 12.2 Å². The Morgan fingerprint density at radius 1 is 1.43 bits per heavy atom. The van der Waals surface area contributed by atoms with Gasteiger partial charge in [0.1, 0.15) is 0 Å². The first-order chi connectivity index (χ1) is 6.77. The third kappa shape index (κ3) is 3.14. The molecule has 0 bridgehead atoms. The van der Waals surface area contributed by atoms with Crippen LogP contribution in [0.2, 0.25) is 0 Å². The van der Waals surface area contributed by atoms with Crippen LogP contribution in [0, 0.1) is 12.8 Å². The standard InChI is InChI=1S/C11H21N3/c1-4-10(5-2)6-12-7-11-9(3)13-8-14-11/h8,10,12H,4-7H2,1-3H3,(H,13,14). The largest absolute Gasteiger partial charge is 0.348 e. The maximum absolute atomic E-state index is 4.25. The molecule has 0 atom stereocenters. The molecule has 0 aliphatic carbocycles. The van der Waals surface area contributed by atoms with Crippen LogP contribution in [0.4, 0.5) is 0 Å². The van der Waals surface area contributed by atoms with Gasteiger partial charge in [-0.2, -0.15) is 0 Å². The van der Waals surface area contributed by atoms with Gasteiger partial charge in [-0.1, -0.05) is 26.7 Å². The van der Waals surface area contributed by atoms with E-state index in [1.165, 1.54) is 18.5 Å². The Hall–Kier alpha value is -0.830. The van der Waals surface area contributed by atoms with E-state index in [0.717, 1.165) is 24.7 Å². The maximum atomic E-state index is 4.25. The second kappa shape index (κ2) is 5.81. The molecule has 1 rings (SSSR count). The summed E-state index contributed by atoms with van der Waals surface area (Å²) in [6.45, 7) is 8.53. The Bertz CT molecular complexity index is 251. The Kier molecular flexibility index (Phi) is 4.66. The van der Waals surface area contributed by atoms with Crippen LogP contribution in [0.15, 0.2) is 6.33 Å². The fourth-order valence-electron chi connectivity index (χ4n) is 1.54.